The Labute approximate surface area is 201 Å². The summed E-state index contributed by atoms with van der Waals surface area (Å²) in [5.74, 6) is -0.405. The van der Waals surface area contributed by atoms with Gasteiger partial charge in [0.2, 0.25) is 5.91 Å². The first kappa shape index (κ1) is 25.9. The van der Waals surface area contributed by atoms with E-state index in [9.17, 15) is 19.2 Å². The molecule has 1 N–H and O–H groups in total. The topological polar surface area (TPSA) is 121 Å². The molecule has 0 bridgehead atoms. The first-order valence-corrected chi connectivity index (χ1v) is 11.8. The number of aryl methyl sites for hydroxylation is 1. The van der Waals surface area contributed by atoms with Crippen LogP contribution in [0.3, 0.4) is 0 Å². The second-order valence-corrected chi connectivity index (χ2v) is 10.3. The minimum absolute atomic E-state index is 0.0157. The minimum atomic E-state index is -0.764. The van der Waals surface area contributed by atoms with Gasteiger partial charge in [-0.05, 0) is 39.7 Å². The van der Waals surface area contributed by atoms with E-state index in [2.05, 4.69) is 5.43 Å². The number of nitrogens with one attached hydrogen (secondary N) is 1. The van der Waals surface area contributed by atoms with E-state index < -0.39 is 23.3 Å². The van der Waals surface area contributed by atoms with E-state index >= 15 is 0 Å². The molecule has 2 aromatic rings. The number of aromatic nitrogens is 2. The van der Waals surface area contributed by atoms with Crippen molar-refractivity contribution in [1.82, 2.24) is 19.6 Å². The highest BCUT2D eigenvalue weighted by Crippen LogP contribution is 2.37. The van der Waals surface area contributed by atoms with E-state index in [0.717, 1.165) is 5.01 Å². The molecule has 1 aliphatic carbocycles. The van der Waals surface area contributed by atoms with Crippen LogP contribution in [0, 0.1) is 6.92 Å². The van der Waals surface area contributed by atoms with Crippen LogP contribution < -0.4 is 16.7 Å². The fourth-order valence-electron chi connectivity index (χ4n) is 3.70. The monoisotopic (exact) mass is 496 g/mol. The number of methoxy groups -OCH3 is 2. The zero-order chi connectivity index (χ0) is 25.4. The third-order valence-corrected chi connectivity index (χ3v) is 6.80. The molecule has 34 heavy (non-hydrogen) atoms. The van der Waals surface area contributed by atoms with Gasteiger partial charge in [0.25, 0.3) is 5.56 Å². The third kappa shape index (κ3) is 5.34. The van der Waals surface area contributed by atoms with Gasteiger partial charge in [0, 0.05) is 26.0 Å². The molecule has 1 saturated carbocycles. The van der Waals surface area contributed by atoms with Crippen LogP contribution in [0.15, 0.2) is 9.59 Å². The Morgan fingerprint density at radius 1 is 1.24 bits per heavy atom. The number of amides is 2. The minimum Gasteiger partial charge on any atom is -0.443 e. The highest BCUT2D eigenvalue weighted by atomic mass is 32.1. The van der Waals surface area contributed by atoms with Crippen molar-refractivity contribution >= 4 is 33.6 Å². The molecular formula is C22H32N4O7S. The smallest absolute Gasteiger partial charge is 0.426 e. The van der Waals surface area contributed by atoms with Crippen molar-refractivity contribution in [2.45, 2.75) is 71.9 Å². The molecule has 2 amide bonds. The lowest BCUT2D eigenvalue weighted by Gasteiger charge is -2.25. The summed E-state index contributed by atoms with van der Waals surface area (Å²) in [6.45, 7) is 8.83. The maximum Gasteiger partial charge on any atom is 0.426 e. The van der Waals surface area contributed by atoms with Gasteiger partial charge in [0.05, 0.1) is 37.2 Å². The second-order valence-electron chi connectivity index (χ2n) is 9.23. The highest BCUT2D eigenvalue weighted by molar-refractivity contribution is 7.18. The zero-order valence-electron chi connectivity index (χ0n) is 20.6. The molecule has 12 heteroatoms. The molecular weight excluding hydrogens is 464 g/mol. The largest absolute Gasteiger partial charge is 0.443 e. The Kier molecular flexibility index (Phi) is 7.53. The Morgan fingerprint density at radius 2 is 1.91 bits per heavy atom. The van der Waals surface area contributed by atoms with E-state index in [0.29, 0.717) is 27.1 Å². The van der Waals surface area contributed by atoms with Gasteiger partial charge < -0.3 is 14.2 Å². The molecule has 2 aromatic heterocycles. The van der Waals surface area contributed by atoms with Crippen LogP contribution in [-0.2, 0) is 32.1 Å². The first-order valence-electron chi connectivity index (χ1n) is 11.0. The first-order chi connectivity index (χ1) is 15.9. The lowest BCUT2D eigenvalue weighted by Crippen LogP contribution is -2.46. The van der Waals surface area contributed by atoms with Crippen molar-refractivity contribution in [1.29, 1.82) is 0 Å². The molecule has 1 aliphatic rings. The van der Waals surface area contributed by atoms with Crippen LogP contribution in [0.1, 0.15) is 50.6 Å². The molecule has 1 fully saturated rings. The summed E-state index contributed by atoms with van der Waals surface area (Å²) in [6.07, 6.45) is -0.349. The van der Waals surface area contributed by atoms with Crippen molar-refractivity contribution < 1.29 is 23.8 Å². The van der Waals surface area contributed by atoms with Crippen LogP contribution in [0.5, 0.6) is 0 Å². The average molecular weight is 497 g/mol. The predicted molar refractivity (Wildman–Crippen MR) is 127 cm³/mol. The average Bonchev–Trinajstić information content (AvgIpc) is 3.42. The predicted octanol–water partition coefficient (Wildman–Crippen LogP) is 1.93. The van der Waals surface area contributed by atoms with Crippen molar-refractivity contribution in [3.63, 3.8) is 0 Å². The van der Waals surface area contributed by atoms with Gasteiger partial charge in [-0.25, -0.2) is 20.0 Å². The Hall–Kier alpha value is -2.70. The molecule has 11 nitrogen and oxygen atoms in total. The number of carbonyl (C=O) groups is 2. The second kappa shape index (κ2) is 9.88. The van der Waals surface area contributed by atoms with Crippen LogP contribution >= 0.6 is 11.3 Å². The molecule has 2 unspecified atom stereocenters. The van der Waals surface area contributed by atoms with E-state index in [1.54, 1.807) is 34.8 Å². The van der Waals surface area contributed by atoms with Gasteiger partial charge in [-0.15, -0.1) is 11.3 Å². The van der Waals surface area contributed by atoms with Gasteiger partial charge >= 0.3 is 11.8 Å². The van der Waals surface area contributed by atoms with E-state index in [-0.39, 0.29) is 37.4 Å². The number of hydrazine groups is 1. The molecule has 0 saturated heterocycles. The van der Waals surface area contributed by atoms with Gasteiger partial charge in [0.15, 0.2) is 0 Å². The Morgan fingerprint density at radius 3 is 2.44 bits per heavy atom. The Balaban J connectivity index is 2.05. The maximum atomic E-state index is 13.4. The van der Waals surface area contributed by atoms with E-state index in [1.165, 1.54) is 34.5 Å². The van der Waals surface area contributed by atoms with Crippen LogP contribution in [0.4, 0.5) is 4.79 Å². The number of carbonyl (C=O) groups excluding carboxylic acids is 2. The van der Waals surface area contributed by atoms with Crippen molar-refractivity contribution in [3.05, 3.63) is 31.3 Å². The quantitative estimate of drug-likeness (QED) is 0.582. The molecule has 0 spiro atoms. The SMILES string of the molecule is COCCn1c(=O)n(C2CC2OC)c(=O)c2c(C)c(CN(NC(=O)OC(C)(C)C)C(C)=O)sc21. The fraction of sp³-hybridized carbons (Fsp3) is 0.636. The normalized spacial score (nSPS) is 17.6. The lowest BCUT2D eigenvalue weighted by atomic mass is 10.2. The number of hydrogen-bond acceptors (Lipinski definition) is 8. The number of fused-ring (bicyclic) bond motifs is 1. The van der Waals surface area contributed by atoms with Gasteiger partial charge in [0.1, 0.15) is 10.4 Å². The molecule has 2 atom stereocenters. The lowest BCUT2D eigenvalue weighted by molar-refractivity contribution is -0.132. The molecule has 0 radical (unpaired) electrons. The summed E-state index contributed by atoms with van der Waals surface area (Å²) < 4.78 is 18.5. The number of nitrogens with zero attached hydrogens (tertiary/aromatic N) is 3. The summed E-state index contributed by atoms with van der Waals surface area (Å²) in [4.78, 5) is 52.3. The standard InChI is InChI=1S/C22H32N4O7S/c1-12-16(11-25(13(2)27)23-20(29)33-22(3,4)5)34-19-17(12)18(28)26(14-10-15(14)32-7)21(30)24(19)8-9-31-6/h14-15H,8-11H2,1-7H3,(H,23,29). The maximum absolute atomic E-state index is 13.4. The van der Waals surface area contributed by atoms with Crippen molar-refractivity contribution in [2.24, 2.45) is 0 Å². The molecule has 188 valence electrons. The summed E-state index contributed by atoms with van der Waals surface area (Å²) in [5, 5.41) is 1.54. The van der Waals surface area contributed by atoms with E-state index in [4.69, 9.17) is 14.2 Å². The molecule has 0 aromatic carbocycles. The zero-order valence-corrected chi connectivity index (χ0v) is 21.4. The van der Waals surface area contributed by atoms with Gasteiger partial charge in [-0.1, -0.05) is 0 Å². The van der Waals surface area contributed by atoms with Crippen LogP contribution in [0.25, 0.3) is 10.2 Å². The van der Waals surface area contributed by atoms with E-state index in [1.807, 2.05) is 0 Å². The number of rotatable bonds is 7. The van der Waals surface area contributed by atoms with Gasteiger partial charge in [-0.2, -0.15) is 0 Å². The van der Waals surface area contributed by atoms with Gasteiger partial charge in [-0.3, -0.25) is 18.7 Å². The Bertz CT molecular complexity index is 1210. The molecule has 2 heterocycles. The highest BCUT2D eigenvalue weighted by Gasteiger charge is 2.42. The van der Waals surface area contributed by atoms with Crippen LogP contribution in [0.2, 0.25) is 0 Å². The fourth-order valence-corrected chi connectivity index (χ4v) is 5.01. The van der Waals surface area contributed by atoms with Crippen molar-refractivity contribution in [3.8, 4) is 0 Å². The number of ether oxygens (including phenoxy) is 3. The molecule has 3 rings (SSSR count). The van der Waals surface area contributed by atoms with Crippen molar-refractivity contribution in [2.75, 3.05) is 20.8 Å². The summed E-state index contributed by atoms with van der Waals surface area (Å²) >= 11 is 1.24. The molecule has 0 aliphatic heterocycles. The van der Waals surface area contributed by atoms with Crippen LogP contribution in [-0.4, -0.2) is 58.7 Å². The summed E-state index contributed by atoms with van der Waals surface area (Å²) in [5.41, 5.74) is 1.58. The third-order valence-electron chi connectivity index (χ3n) is 5.50. The number of hydrogen-bond donors (Lipinski definition) is 1. The summed E-state index contributed by atoms with van der Waals surface area (Å²) in [7, 11) is 3.10. The number of thiophene rings is 1. The summed E-state index contributed by atoms with van der Waals surface area (Å²) in [6, 6.07) is -0.312.